The second kappa shape index (κ2) is 10.5. The smallest absolute Gasteiger partial charge is 0.410 e. The van der Waals surface area contributed by atoms with Crippen molar-refractivity contribution >= 4 is 23.9 Å². The normalized spacial score (nSPS) is 18.2. The van der Waals surface area contributed by atoms with Gasteiger partial charge >= 0.3 is 6.09 Å². The Hall–Kier alpha value is -1.67. The van der Waals surface area contributed by atoms with E-state index in [1.807, 2.05) is 31.9 Å². The zero-order valence-corrected chi connectivity index (χ0v) is 21.5. The molecule has 3 rings (SSSR count). The van der Waals surface area contributed by atoms with Gasteiger partial charge in [0.05, 0.1) is 6.20 Å². The number of carbonyl (C=O) groups is 1. The standard InChI is InChI=1S/C24H40N4O3S/c1-7-27(16-15-26(5)32-6)21-17-19-9-8-10-24(30-20(19)18-25-21)11-13-28(14-12-24)22(29)31-23(2,3)4/h17-18H,7-16H2,1-6H3. The molecular formula is C24H40N4O3S. The van der Waals surface area contributed by atoms with Crippen LogP contribution in [0.15, 0.2) is 12.3 Å². The molecule has 0 aromatic carbocycles. The number of pyridine rings is 1. The first kappa shape index (κ1) is 25.0. The van der Waals surface area contributed by atoms with E-state index < -0.39 is 5.60 Å². The van der Waals surface area contributed by atoms with Crippen molar-refractivity contribution in [2.75, 3.05) is 50.9 Å². The fourth-order valence-corrected chi connectivity index (χ4v) is 4.64. The van der Waals surface area contributed by atoms with E-state index >= 15 is 0 Å². The number of ether oxygens (including phenoxy) is 2. The van der Waals surface area contributed by atoms with Gasteiger partial charge in [-0.05, 0) is 71.9 Å². The average Bonchev–Trinajstić information content (AvgIpc) is 2.91. The third-order valence-electron chi connectivity index (χ3n) is 6.37. The van der Waals surface area contributed by atoms with Gasteiger partial charge in [-0.1, -0.05) is 11.9 Å². The quantitative estimate of drug-likeness (QED) is 0.570. The van der Waals surface area contributed by atoms with Crippen LogP contribution in [0.5, 0.6) is 5.75 Å². The van der Waals surface area contributed by atoms with E-state index in [0.717, 1.165) is 63.3 Å². The SMILES string of the molecule is CCN(CCN(C)SC)c1cc2c(cn1)OC1(CCC2)CCN(C(=O)OC(C)(C)C)CC1. The molecule has 0 atom stereocenters. The number of piperidine rings is 1. The summed E-state index contributed by atoms with van der Waals surface area (Å²) in [5.74, 6) is 1.94. The molecule has 1 amide bonds. The van der Waals surface area contributed by atoms with E-state index in [0.29, 0.717) is 13.1 Å². The maximum atomic E-state index is 12.4. The summed E-state index contributed by atoms with van der Waals surface area (Å²) in [6, 6.07) is 2.22. The summed E-state index contributed by atoms with van der Waals surface area (Å²) in [4.78, 5) is 21.3. The molecule has 1 spiro atoms. The first-order valence-electron chi connectivity index (χ1n) is 11.8. The molecular weight excluding hydrogens is 424 g/mol. The predicted molar refractivity (Wildman–Crippen MR) is 132 cm³/mol. The summed E-state index contributed by atoms with van der Waals surface area (Å²) < 4.78 is 14.4. The van der Waals surface area contributed by atoms with Crippen LogP contribution in [0.25, 0.3) is 0 Å². The highest BCUT2D eigenvalue weighted by molar-refractivity contribution is 7.96. The maximum absolute atomic E-state index is 12.4. The fourth-order valence-electron chi connectivity index (χ4n) is 4.38. The molecule has 2 aliphatic heterocycles. The van der Waals surface area contributed by atoms with Crippen molar-refractivity contribution in [1.29, 1.82) is 0 Å². The molecule has 0 aliphatic carbocycles. The molecule has 0 saturated carbocycles. The highest BCUT2D eigenvalue weighted by Gasteiger charge is 2.40. The van der Waals surface area contributed by atoms with Crippen LogP contribution < -0.4 is 9.64 Å². The third kappa shape index (κ3) is 6.44. The molecule has 0 bridgehead atoms. The number of likely N-dealkylation sites (N-methyl/N-ethyl adjacent to an activating group) is 2. The number of amides is 1. The zero-order valence-electron chi connectivity index (χ0n) is 20.6. The van der Waals surface area contributed by atoms with Crippen LogP contribution in [-0.2, 0) is 11.2 Å². The highest BCUT2D eigenvalue weighted by atomic mass is 32.2. The number of rotatable bonds is 6. The van der Waals surface area contributed by atoms with Crippen molar-refractivity contribution in [1.82, 2.24) is 14.2 Å². The van der Waals surface area contributed by atoms with Gasteiger partial charge in [0.15, 0.2) is 0 Å². The lowest BCUT2D eigenvalue weighted by Gasteiger charge is -2.41. The molecule has 1 saturated heterocycles. The number of aryl methyl sites for hydroxylation is 1. The summed E-state index contributed by atoms with van der Waals surface area (Å²) >= 11 is 1.75. The fraction of sp³-hybridized carbons (Fsp3) is 0.750. The van der Waals surface area contributed by atoms with Gasteiger partial charge in [0.2, 0.25) is 0 Å². The van der Waals surface area contributed by atoms with E-state index in [-0.39, 0.29) is 11.7 Å². The summed E-state index contributed by atoms with van der Waals surface area (Å²) in [6.07, 6.45) is 8.55. The van der Waals surface area contributed by atoms with E-state index in [2.05, 4.69) is 35.5 Å². The molecule has 7 nitrogen and oxygen atoms in total. The molecule has 2 aliphatic rings. The Morgan fingerprint density at radius 1 is 1.28 bits per heavy atom. The predicted octanol–water partition coefficient (Wildman–Crippen LogP) is 4.60. The molecule has 0 radical (unpaired) electrons. The maximum Gasteiger partial charge on any atom is 0.410 e. The number of likely N-dealkylation sites (tertiary alicyclic amines) is 1. The number of aromatic nitrogens is 1. The van der Waals surface area contributed by atoms with Gasteiger partial charge in [-0.25, -0.2) is 9.78 Å². The topological polar surface area (TPSA) is 58.1 Å². The minimum atomic E-state index is -0.468. The van der Waals surface area contributed by atoms with Gasteiger partial charge in [-0.15, -0.1) is 0 Å². The van der Waals surface area contributed by atoms with Gasteiger partial charge in [-0.2, -0.15) is 0 Å². The molecule has 32 heavy (non-hydrogen) atoms. The number of hydrogen-bond donors (Lipinski definition) is 0. The first-order chi connectivity index (χ1) is 15.1. The van der Waals surface area contributed by atoms with E-state index in [1.54, 1.807) is 11.9 Å². The number of fused-ring (bicyclic) bond motifs is 1. The second-order valence-corrected chi connectivity index (χ2v) is 10.9. The van der Waals surface area contributed by atoms with Crippen LogP contribution >= 0.6 is 11.9 Å². The van der Waals surface area contributed by atoms with Crippen molar-refractivity contribution in [3.8, 4) is 5.75 Å². The molecule has 3 heterocycles. The first-order valence-corrected chi connectivity index (χ1v) is 13.0. The Labute approximate surface area is 197 Å². The molecule has 1 aromatic rings. The Bertz CT molecular complexity index is 775. The van der Waals surface area contributed by atoms with Crippen molar-refractivity contribution in [2.24, 2.45) is 0 Å². The van der Waals surface area contributed by atoms with Crippen molar-refractivity contribution in [2.45, 2.75) is 71.0 Å². The van der Waals surface area contributed by atoms with Gasteiger partial charge in [0.1, 0.15) is 22.8 Å². The average molecular weight is 465 g/mol. The third-order valence-corrected chi connectivity index (χ3v) is 7.17. The Morgan fingerprint density at radius 2 is 2.00 bits per heavy atom. The minimum absolute atomic E-state index is 0.210. The van der Waals surface area contributed by atoms with Crippen molar-refractivity contribution < 1.29 is 14.3 Å². The van der Waals surface area contributed by atoms with E-state index in [1.165, 1.54) is 5.56 Å². The zero-order chi connectivity index (χ0) is 23.4. The number of carbonyl (C=O) groups excluding carboxylic acids is 1. The van der Waals surface area contributed by atoms with Crippen LogP contribution in [-0.4, -0.2) is 77.5 Å². The minimum Gasteiger partial charge on any atom is -0.485 e. The largest absolute Gasteiger partial charge is 0.485 e. The molecule has 180 valence electrons. The monoisotopic (exact) mass is 464 g/mol. The summed E-state index contributed by atoms with van der Waals surface area (Å²) in [5.41, 5.74) is 0.571. The lowest BCUT2D eigenvalue weighted by molar-refractivity contribution is -0.0204. The van der Waals surface area contributed by atoms with Crippen molar-refractivity contribution in [3.63, 3.8) is 0 Å². The summed E-state index contributed by atoms with van der Waals surface area (Å²) in [5, 5.41) is 0. The van der Waals surface area contributed by atoms with Crippen LogP contribution in [0, 0.1) is 0 Å². The van der Waals surface area contributed by atoms with Crippen LogP contribution in [0.3, 0.4) is 0 Å². The van der Waals surface area contributed by atoms with Gasteiger partial charge < -0.3 is 19.3 Å². The molecule has 0 unspecified atom stereocenters. The van der Waals surface area contributed by atoms with E-state index in [9.17, 15) is 4.79 Å². The Kier molecular flexibility index (Phi) is 8.20. The van der Waals surface area contributed by atoms with Crippen LogP contribution in [0.4, 0.5) is 10.6 Å². The van der Waals surface area contributed by atoms with Crippen LogP contribution in [0.2, 0.25) is 0 Å². The molecule has 1 fully saturated rings. The number of hydrogen-bond acceptors (Lipinski definition) is 7. The highest BCUT2D eigenvalue weighted by Crippen LogP contribution is 2.39. The van der Waals surface area contributed by atoms with Crippen molar-refractivity contribution in [3.05, 3.63) is 17.8 Å². The summed E-state index contributed by atoms with van der Waals surface area (Å²) in [6.45, 7) is 12.1. The lowest BCUT2D eigenvalue weighted by atomic mass is 9.86. The van der Waals surface area contributed by atoms with Crippen LogP contribution in [0.1, 0.15) is 58.9 Å². The lowest BCUT2D eigenvalue weighted by Crippen LogP contribution is -2.50. The Balaban J connectivity index is 1.65. The van der Waals surface area contributed by atoms with E-state index in [4.69, 9.17) is 14.5 Å². The van der Waals surface area contributed by atoms with Gasteiger partial charge in [0.25, 0.3) is 0 Å². The number of nitrogens with zero attached hydrogens (tertiary/aromatic N) is 4. The Morgan fingerprint density at radius 3 is 2.62 bits per heavy atom. The molecule has 0 N–H and O–H groups in total. The van der Waals surface area contributed by atoms with Gasteiger partial charge in [-0.3, -0.25) is 4.31 Å². The number of anilines is 1. The summed E-state index contributed by atoms with van der Waals surface area (Å²) in [7, 11) is 2.12. The molecule has 1 aromatic heterocycles. The van der Waals surface area contributed by atoms with Gasteiger partial charge in [0, 0.05) is 45.6 Å². The second-order valence-electron chi connectivity index (χ2n) is 9.87. The molecule has 8 heteroatoms.